The smallest absolute Gasteiger partial charge is 0.310 e. The number of para-hydroxylation sites is 1. The first-order chi connectivity index (χ1) is 17.0. The number of carbonyl (C=O) groups excluding carboxylic acids is 2. The normalized spacial score (nSPS) is 10.4. The fraction of sp³-hybridized carbons (Fsp3) is 0.214. The summed E-state index contributed by atoms with van der Waals surface area (Å²) < 4.78 is 20.1. The summed E-state index contributed by atoms with van der Waals surface area (Å²) >= 11 is 0. The number of ether oxygens (including phenoxy) is 1. The monoisotopic (exact) mass is 475 g/mol. The van der Waals surface area contributed by atoms with E-state index in [0.717, 1.165) is 5.39 Å². The van der Waals surface area contributed by atoms with Gasteiger partial charge in [0.25, 0.3) is 5.91 Å². The number of fused-ring (bicyclic) bond motifs is 1. The molecule has 0 saturated carbocycles. The number of carbonyl (C=O) groups is 2. The van der Waals surface area contributed by atoms with Gasteiger partial charge < -0.3 is 20.8 Å². The summed E-state index contributed by atoms with van der Waals surface area (Å²) in [5.74, 6) is -1.15. The van der Waals surface area contributed by atoms with Crippen LogP contribution in [-0.4, -0.2) is 23.5 Å². The molecule has 7 heteroatoms. The van der Waals surface area contributed by atoms with Crippen LogP contribution in [0.2, 0.25) is 0 Å². The van der Waals surface area contributed by atoms with Crippen molar-refractivity contribution in [2.45, 2.75) is 33.7 Å². The largest absolute Gasteiger partial charge is 0.466 e. The van der Waals surface area contributed by atoms with Gasteiger partial charge in [0.15, 0.2) is 0 Å². The Morgan fingerprint density at radius 3 is 2.49 bits per heavy atom. The van der Waals surface area contributed by atoms with Crippen molar-refractivity contribution in [1.29, 1.82) is 0 Å². The molecule has 0 spiro atoms. The lowest BCUT2D eigenvalue weighted by atomic mass is 9.96. The van der Waals surface area contributed by atoms with Crippen LogP contribution in [0.25, 0.3) is 22.0 Å². The Morgan fingerprint density at radius 1 is 1.00 bits per heavy atom. The van der Waals surface area contributed by atoms with Gasteiger partial charge in [0.1, 0.15) is 5.82 Å². The number of amides is 1. The van der Waals surface area contributed by atoms with Gasteiger partial charge in [-0.25, -0.2) is 4.39 Å². The summed E-state index contributed by atoms with van der Waals surface area (Å²) in [4.78, 5) is 28.2. The van der Waals surface area contributed by atoms with Gasteiger partial charge in [0.05, 0.1) is 13.0 Å². The SMILES string of the molecule is CC.CCOC(=O)Cc1ccccc1NC(=O)c1cc(-c2cccc(CN)c2F)c2cc[nH]c2c1. The summed E-state index contributed by atoms with van der Waals surface area (Å²) in [6.07, 6.45) is 1.79. The van der Waals surface area contributed by atoms with E-state index < -0.39 is 5.82 Å². The number of anilines is 1. The molecule has 1 amide bonds. The van der Waals surface area contributed by atoms with E-state index in [1.807, 2.05) is 19.9 Å². The minimum atomic E-state index is -0.403. The van der Waals surface area contributed by atoms with E-state index in [2.05, 4.69) is 10.3 Å². The quantitative estimate of drug-likeness (QED) is 0.294. The molecule has 1 aromatic heterocycles. The van der Waals surface area contributed by atoms with E-state index in [1.54, 1.807) is 67.7 Å². The van der Waals surface area contributed by atoms with Crippen LogP contribution in [0, 0.1) is 5.82 Å². The predicted molar refractivity (Wildman–Crippen MR) is 138 cm³/mol. The van der Waals surface area contributed by atoms with Gasteiger partial charge >= 0.3 is 5.97 Å². The van der Waals surface area contributed by atoms with E-state index in [9.17, 15) is 9.59 Å². The highest BCUT2D eigenvalue weighted by Crippen LogP contribution is 2.33. The van der Waals surface area contributed by atoms with Crippen LogP contribution in [-0.2, 0) is 22.5 Å². The van der Waals surface area contributed by atoms with E-state index in [4.69, 9.17) is 10.5 Å². The van der Waals surface area contributed by atoms with Gasteiger partial charge in [0, 0.05) is 46.0 Å². The maximum atomic E-state index is 15.1. The van der Waals surface area contributed by atoms with Crippen molar-refractivity contribution in [3.63, 3.8) is 0 Å². The molecule has 0 bridgehead atoms. The fourth-order valence-electron chi connectivity index (χ4n) is 3.82. The molecule has 3 aromatic carbocycles. The Morgan fingerprint density at radius 2 is 1.74 bits per heavy atom. The third-order valence-corrected chi connectivity index (χ3v) is 5.43. The number of rotatable bonds is 7. The van der Waals surface area contributed by atoms with Gasteiger partial charge in [-0.15, -0.1) is 0 Å². The average molecular weight is 476 g/mol. The van der Waals surface area contributed by atoms with Crippen LogP contribution >= 0.6 is 0 Å². The van der Waals surface area contributed by atoms with Crippen molar-refractivity contribution in [1.82, 2.24) is 4.98 Å². The number of hydrogen-bond donors (Lipinski definition) is 3. The van der Waals surface area contributed by atoms with Crippen LogP contribution in [0.15, 0.2) is 66.9 Å². The van der Waals surface area contributed by atoms with Gasteiger partial charge in [0.2, 0.25) is 0 Å². The highest BCUT2D eigenvalue weighted by atomic mass is 19.1. The van der Waals surface area contributed by atoms with Gasteiger partial charge in [-0.1, -0.05) is 50.2 Å². The number of aromatic amines is 1. The van der Waals surface area contributed by atoms with Crippen molar-refractivity contribution in [2.24, 2.45) is 5.73 Å². The standard InChI is InChI=1S/C26H24FN3O3.C2H6/c1-2-33-24(31)14-16-6-3-4-9-22(16)30-26(32)18-12-21(19-10-11-29-23(19)13-18)20-8-5-7-17(15-28)25(20)27;1-2/h3-13,29H,2,14-15,28H2,1H3,(H,30,32);1-2H3. The molecule has 182 valence electrons. The van der Waals surface area contributed by atoms with E-state index in [0.29, 0.717) is 39.0 Å². The van der Waals surface area contributed by atoms with Crippen molar-refractivity contribution < 1.29 is 18.7 Å². The molecule has 0 aliphatic heterocycles. The Hall–Kier alpha value is -3.97. The lowest BCUT2D eigenvalue weighted by Crippen LogP contribution is -2.15. The van der Waals surface area contributed by atoms with Crippen LogP contribution in [0.4, 0.5) is 10.1 Å². The molecule has 4 aromatic rings. The molecular formula is C28H30FN3O3. The average Bonchev–Trinajstić information content (AvgIpc) is 3.35. The van der Waals surface area contributed by atoms with Crippen LogP contribution in [0.1, 0.15) is 42.3 Å². The van der Waals surface area contributed by atoms with Gasteiger partial charge in [-0.05, 0) is 42.3 Å². The third-order valence-electron chi connectivity index (χ3n) is 5.43. The van der Waals surface area contributed by atoms with Crippen LogP contribution in [0.5, 0.6) is 0 Å². The Kier molecular flexibility index (Phi) is 8.75. The highest BCUT2D eigenvalue weighted by Gasteiger charge is 2.17. The summed E-state index contributed by atoms with van der Waals surface area (Å²) in [5.41, 5.74) is 9.26. The van der Waals surface area contributed by atoms with E-state index in [1.165, 1.54) is 0 Å². The van der Waals surface area contributed by atoms with E-state index in [-0.39, 0.29) is 31.4 Å². The fourth-order valence-corrected chi connectivity index (χ4v) is 3.82. The second-order valence-corrected chi connectivity index (χ2v) is 7.54. The Labute approximate surface area is 204 Å². The van der Waals surface area contributed by atoms with Crippen molar-refractivity contribution in [3.8, 4) is 11.1 Å². The first kappa shape index (κ1) is 25.6. The minimum Gasteiger partial charge on any atom is -0.466 e. The minimum absolute atomic E-state index is 0.0439. The first-order valence-corrected chi connectivity index (χ1v) is 11.7. The molecule has 35 heavy (non-hydrogen) atoms. The molecule has 4 N–H and O–H groups in total. The maximum absolute atomic E-state index is 15.1. The lowest BCUT2D eigenvalue weighted by molar-refractivity contribution is -0.142. The number of aromatic nitrogens is 1. The molecule has 0 aliphatic carbocycles. The molecule has 0 saturated heterocycles. The number of H-pyrrole nitrogens is 1. The zero-order valence-corrected chi connectivity index (χ0v) is 20.2. The summed E-state index contributed by atoms with van der Waals surface area (Å²) in [7, 11) is 0. The second-order valence-electron chi connectivity index (χ2n) is 7.54. The van der Waals surface area contributed by atoms with Gasteiger partial charge in [-0.2, -0.15) is 0 Å². The third kappa shape index (κ3) is 5.75. The first-order valence-electron chi connectivity index (χ1n) is 11.7. The van der Waals surface area contributed by atoms with Crippen LogP contribution < -0.4 is 11.1 Å². The topological polar surface area (TPSA) is 97.2 Å². The number of nitrogens with one attached hydrogen (secondary N) is 2. The number of benzene rings is 3. The number of esters is 1. The molecular weight excluding hydrogens is 445 g/mol. The number of nitrogens with two attached hydrogens (primary N) is 1. The maximum Gasteiger partial charge on any atom is 0.310 e. The molecule has 0 atom stereocenters. The summed E-state index contributed by atoms with van der Waals surface area (Å²) in [6.45, 7) is 6.10. The molecule has 0 radical (unpaired) electrons. The molecule has 1 heterocycles. The number of halogens is 1. The van der Waals surface area contributed by atoms with Crippen molar-refractivity contribution in [2.75, 3.05) is 11.9 Å². The van der Waals surface area contributed by atoms with Gasteiger partial charge in [-0.3, -0.25) is 9.59 Å². The predicted octanol–water partition coefficient (Wildman–Crippen LogP) is 5.82. The molecule has 0 aliphatic rings. The Bertz CT molecular complexity index is 1330. The summed E-state index contributed by atoms with van der Waals surface area (Å²) in [6, 6.07) is 17.3. The lowest BCUT2D eigenvalue weighted by Gasteiger charge is -2.13. The molecule has 0 fully saturated rings. The zero-order chi connectivity index (χ0) is 25.4. The Balaban J connectivity index is 0.00000167. The zero-order valence-electron chi connectivity index (χ0n) is 20.2. The van der Waals surface area contributed by atoms with Crippen molar-refractivity contribution >= 4 is 28.5 Å². The number of hydrogen-bond acceptors (Lipinski definition) is 4. The summed E-state index contributed by atoms with van der Waals surface area (Å²) in [5, 5.41) is 3.67. The van der Waals surface area contributed by atoms with Crippen molar-refractivity contribution in [3.05, 3.63) is 89.4 Å². The highest BCUT2D eigenvalue weighted by molar-refractivity contribution is 6.09. The molecule has 6 nitrogen and oxygen atoms in total. The second kappa shape index (κ2) is 11.9. The molecule has 0 unspecified atom stereocenters. The van der Waals surface area contributed by atoms with Crippen LogP contribution in [0.3, 0.4) is 0 Å². The molecule has 4 rings (SSSR count). The van der Waals surface area contributed by atoms with E-state index >= 15 is 4.39 Å².